The summed E-state index contributed by atoms with van der Waals surface area (Å²) in [4.78, 5) is 3.21. The molecule has 0 aromatic heterocycles. The van der Waals surface area contributed by atoms with Gasteiger partial charge in [0.25, 0.3) is 0 Å². The number of rotatable bonds is 0. The first kappa shape index (κ1) is 9.73. The topological polar surface area (TPSA) is 4.36 Å². The van der Waals surface area contributed by atoms with Crippen molar-refractivity contribution in [2.24, 2.45) is 0 Å². The smallest absolute Gasteiger partial charge is 0.225 e. The summed E-state index contributed by atoms with van der Waals surface area (Å²) in [5.41, 5.74) is 0.736. The molecule has 0 saturated heterocycles. The summed E-state index contributed by atoms with van der Waals surface area (Å²) in [6.07, 6.45) is 0. The summed E-state index contributed by atoms with van der Waals surface area (Å²) in [6, 6.07) is 4.77. The molecule has 2 heteroatoms. The third-order valence-corrected chi connectivity index (χ3v) is 1.91. The zero-order chi connectivity index (χ0) is 10.1. The van der Waals surface area contributed by atoms with Gasteiger partial charge in [-0.1, -0.05) is 32.9 Å². The second-order valence-corrected chi connectivity index (χ2v) is 4.00. The van der Waals surface area contributed by atoms with Crippen LogP contribution in [0, 0.1) is 12.4 Å². The highest BCUT2D eigenvalue weighted by atomic mass is 19.1. The van der Waals surface area contributed by atoms with Crippen LogP contribution < -0.4 is 0 Å². The Morgan fingerprint density at radius 2 is 1.92 bits per heavy atom. The largest absolute Gasteiger partial charge is 0.235 e. The van der Waals surface area contributed by atoms with Crippen LogP contribution in [-0.4, -0.2) is 0 Å². The van der Waals surface area contributed by atoms with Gasteiger partial charge in [-0.15, -0.1) is 0 Å². The highest BCUT2D eigenvalue weighted by Gasteiger charge is 2.19. The van der Waals surface area contributed by atoms with E-state index in [-0.39, 0.29) is 11.1 Å². The summed E-state index contributed by atoms with van der Waals surface area (Å²) < 4.78 is 13.2. The Bertz CT molecular complexity index is 355. The Kier molecular flexibility index (Phi) is 2.38. The van der Waals surface area contributed by atoms with E-state index in [0.717, 1.165) is 5.56 Å². The normalized spacial score (nSPS) is 11.0. The monoisotopic (exact) mass is 177 g/mol. The van der Waals surface area contributed by atoms with Gasteiger partial charge in [-0.25, -0.2) is 9.24 Å². The minimum absolute atomic E-state index is 0.148. The lowest BCUT2D eigenvalue weighted by atomic mass is 9.86. The Morgan fingerprint density at radius 1 is 1.31 bits per heavy atom. The number of halogens is 1. The van der Waals surface area contributed by atoms with Crippen LogP contribution in [0.15, 0.2) is 18.2 Å². The van der Waals surface area contributed by atoms with Gasteiger partial charge >= 0.3 is 0 Å². The van der Waals surface area contributed by atoms with Gasteiger partial charge in [0.1, 0.15) is 5.82 Å². The molecule has 0 bridgehead atoms. The molecule has 1 aromatic rings. The third-order valence-electron chi connectivity index (χ3n) is 1.91. The molecule has 1 aromatic carbocycles. The highest BCUT2D eigenvalue weighted by molar-refractivity contribution is 5.56. The number of para-hydroxylation sites is 1. The fraction of sp³-hybridized carbons (Fsp3) is 0.364. The van der Waals surface area contributed by atoms with Gasteiger partial charge in [-0.3, -0.25) is 0 Å². The van der Waals surface area contributed by atoms with Crippen LogP contribution in [0.3, 0.4) is 0 Å². The van der Waals surface area contributed by atoms with Crippen LogP contribution >= 0.6 is 0 Å². The summed E-state index contributed by atoms with van der Waals surface area (Å²) in [5.74, 6) is -0.428. The molecule has 0 atom stereocenters. The van der Waals surface area contributed by atoms with Gasteiger partial charge in [-0.2, -0.15) is 0 Å². The van der Waals surface area contributed by atoms with E-state index in [1.807, 2.05) is 20.8 Å². The molecule has 0 aliphatic rings. The van der Waals surface area contributed by atoms with E-state index in [9.17, 15) is 4.39 Å². The van der Waals surface area contributed by atoms with Crippen LogP contribution in [0.5, 0.6) is 0 Å². The maximum absolute atomic E-state index is 13.2. The molecule has 0 aliphatic heterocycles. The predicted octanol–water partition coefficient (Wildman–Crippen LogP) is 3.67. The van der Waals surface area contributed by atoms with Crippen molar-refractivity contribution in [1.82, 2.24) is 0 Å². The van der Waals surface area contributed by atoms with Crippen molar-refractivity contribution in [2.45, 2.75) is 26.2 Å². The molecular formula is C11H12FN. The standard InChI is InChI=1S/C11H12FN/c1-11(2,3)8-6-5-7-9(12)10(8)13-4/h5-7H,1-3H3. The Balaban J connectivity index is 3.40. The number of nitrogens with zero attached hydrogens (tertiary/aromatic N) is 1. The van der Waals surface area contributed by atoms with Crippen molar-refractivity contribution in [1.29, 1.82) is 0 Å². The average molecular weight is 177 g/mol. The van der Waals surface area contributed by atoms with Crippen LogP contribution in [0.25, 0.3) is 4.85 Å². The van der Waals surface area contributed by atoms with Gasteiger partial charge < -0.3 is 0 Å². The summed E-state index contributed by atoms with van der Waals surface area (Å²) >= 11 is 0. The molecule has 0 unspecified atom stereocenters. The van der Waals surface area contributed by atoms with E-state index in [1.165, 1.54) is 6.07 Å². The molecule has 0 heterocycles. The van der Waals surface area contributed by atoms with Crippen molar-refractivity contribution >= 4 is 5.69 Å². The van der Waals surface area contributed by atoms with Gasteiger partial charge in [0.15, 0.2) is 0 Å². The Hall–Kier alpha value is -1.36. The minimum Gasteiger partial charge on any atom is -0.235 e. The second kappa shape index (κ2) is 3.18. The zero-order valence-electron chi connectivity index (χ0n) is 8.06. The van der Waals surface area contributed by atoms with Crippen LogP contribution in [0.2, 0.25) is 0 Å². The van der Waals surface area contributed by atoms with E-state index in [0.29, 0.717) is 0 Å². The summed E-state index contributed by atoms with van der Waals surface area (Å²) in [6.45, 7) is 12.8. The van der Waals surface area contributed by atoms with Crippen molar-refractivity contribution in [3.05, 3.63) is 41.0 Å². The number of hydrogen-bond donors (Lipinski definition) is 0. The molecule has 0 N–H and O–H groups in total. The van der Waals surface area contributed by atoms with Gasteiger partial charge in [0, 0.05) is 0 Å². The van der Waals surface area contributed by atoms with Gasteiger partial charge in [-0.05, 0) is 17.0 Å². The molecule has 1 rings (SSSR count). The molecular weight excluding hydrogens is 165 g/mol. The first-order valence-corrected chi connectivity index (χ1v) is 4.13. The number of benzene rings is 1. The molecule has 0 aliphatic carbocycles. The van der Waals surface area contributed by atoms with Gasteiger partial charge in [0.2, 0.25) is 5.69 Å². The fourth-order valence-corrected chi connectivity index (χ4v) is 1.23. The number of hydrogen-bond acceptors (Lipinski definition) is 0. The fourth-order valence-electron chi connectivity index (χ4n) is 1.23. The van der Waals surface area contributed by atoms with Crippen molar-refractivity contribution in [3.8, 4) is 0 Å². The highest BCUT2D eigenvalue weighted by Crippen LogP contribution is 2.33. The van der Waals surface area contributed by atoms with E-state index < -0.39 is 5.82 Å². The van der Waals surface area contributed by atoms with Crippen LogP contribution in [-0.2, 0) is 5.41 Å². The first-order chi connectivity index (χ1) is 5.96. The third kappa shape index (κ3) is 1.86. The van der Waals surface area contributed by atoms with E-state index in [1.54, 1.807) is 12.1 Å². The lowest BCUT2D eigenvalue weighted by Gasteiger charge is -2.20. The first-order valence-electron chi connectivity index (χ1n) is 4.13. The van der Waals surface area contributed by atoms with Crippen LogP contribution in [0.1, 0.15) is 26.3 Å². The molecule has 68 valence electrons. The molecule has 1 nitrogen and oxygen atoms in total. The second-order valence-electron chi connectivity index (χ2n) is 4.00. The van der Waals surface area contributed by atoms with E-state index in [4.69, 9.17) is 6.57 Å². The molecule has 0 spiro atoms. The van der Waals surface area contributed by atoms with Crippen molar-refractivity contribution < 1.29 is 4.39 Å². The summed E-state index contributed by atoms with van der Waals surface area (Å²) in [5, 5.41) is 0. The van der Waals surface area contributed by atoms with E-state index >= 15 is 0 Å². The van der Waals surface area contributed by atoms with E-state index in [2.05, 4.69) is 4.85 Å². The van der Waals surface area contributed by atoms with Gasteiger partial charge in [0.05, 0.1) is 6.57 Å². The predicted molar refractivity (Wildman–Crippen MR) is 51.4 cm³/mol. The molecule has 0 amide bonds. The Labute approximate surface area is 78.0 Å². The maximum Gasteiger partial charge on any atom is 0.225 e. The minimum atomic E-state index is -0.428. The van der Waals surface area contributed by atoms with Crippen molar-refractivity contribution in [3.63, 3.8) is 0 Å². The quantitative estimate of drug-likeness (QED) is 0.532. The molecule has 13 heavy (non-hydrogen) atoms. The van der Waals surface area contributed by atoms with Crippen LogP contribution in [0.4, 0.5) is 10.1 Å². The molecule has 0 saturated carbocycles. The van der Waals surface area contributed by atoms with Crippen molar-refractivity contribution in [2.75, 3.05) is 0 Å². The summed E-state index contributed by atoms with van der Waals surface area (Å²) in [7, 11) is 0. The maximum atomic E-state index is 13.2. The molecule has 0 fully saturated rings. The molecule has 0 radical (unpaired) electrons. The SMILES string of the molecule is [C-]#[N+]c1c(F)cccc1C(C)(C)C. The average Bonchev–Trinajstić information content (AvgIpc) is 2.02. The Morgan fingerprint density at radius 3 is 2.31 bits per heavy atom. The lowest BCUT2D eigenvalue weighted by molar-refractivity contribution is 0.578. The zero-order valence-corrected chi connectivity index (χ0v) is 8.06. The lowest BCUT2D eigenvalue weighted by Crippen LogP contribution is -2.11.